The highest BCUT2D eigenvalue weighted by Crippen LogP contribution is 2.18. The van der Waals surface area contributed by atoms with Crippen LogP contribution < -0.4 is 0 Å². The quantitative estimate of drug-likeness (QED) is 0.818. The van der Waals surface area contributed by atoms with Crippen LogP contribution in [0.25, 0.3) is 5.69 Å². The topological polar surface area (TPSA) is 44.1 Å². The van der Waals surface area contributed by atoms with E-state index in [1.165, 1.54) is 22.9 Å². The number of carbonyl (C=O) groups is 1. The Kier molecular flexibility index (Phi) is 3.76. The van der Waals surface area contributed by atoms with E-state index in [2.05, 4.69) is 21.0 Å². The average molecular weight is 313 g/mol. The van der Waals surface area contributed by atoms with Crippen molar-refractivity contribution in [2.45, 2.75) is 6.92 Å². The van der Waals surface area contributed by atoms with Crippen LogP contribution in [0.4, 0.5) is 4.39 Å². The van der Waals surface area contributed by atoms with E-state index >= 15 is 0 Å². The molecular weight excluding hydrogens is 303 g/mol. The van der Waals surface area contributed by atoms with Gasteiger partial charge < -0.3 is 4.74 Å². The van der Waals surface area contributed by atoms with Gasteiger partial charge in [0.1, 0.15) is 10.4 Å². The number of rotatable bonds is 3. The number of hydrogen-bond acceptors (Lipinski definition) is 3. The Labute approximate surface area is 111 Å². The number of esters is 1. The fourth-order valence-electron chi connectivity index (χ4n) is 1.51. The normalized spacial score (nSPS) is 10.4. The Bertz CT molecular complexity index is 583. The van der Waals surface area contributed by atoms with Gasteiger partial charge in [0, 0.05) is 6.07 Å². The lowest BCUT2D eigenvalue weighted by molar-refractivity contribution is 0.0515. The molecule has 0 aliphatic rings. The molecule has 6 heteroatoms. The summed E-state index contributed by atoms with van der Waals surface area (Å²) < 4.78 is 19.9. The molecule has 18 heavy (non-hydrogen) atoms. The maximum atomic E-state index is 13.2. The first kappa shape index (κ1) is 12.8. The van der Waals surface area contributed by atoms with Crippen molar-refractivity contribution in [2.75, 3.05) is 6.61 Å². The zero-order valence-corrected chi connectivity index (χ0v) is 11.1. The number of nitrogens with zero attached hydrogens (tertiary/aromatic N) is 2. The molecule has 0 fully saturated rings. The highest BCUT2D eigenvalue weighted by atomic mass is 79.9. The third-order valence-electron chi connectivity index (χ3n) is 2.22. The molecule has 2 aromatic rings. The Hall–Kier alpha value is -1.69. The first-order chi connectivity index (χ1) is 8.61. The second kappa shape index (κ2) is 5.30. The van der Waals surface area contributed by atoms with Crippen molar-refractivity contribution in [3.05, 3.63) is 46.4 Å². The summed E-state index contributed by atoms with van der Waals surface area (Å²) in [5, 5.41) is 4.09. The second-order valence-corrected chi connectivity index (χ2v) is 4.28. The largest absolute Gasteiger partial charge is 0.461 e. The van der Waals surface area contributed by atoms with Gasteiger partial charge in [0.25, 0.3) is 0 Å². The van der Waals surface area contributed by atoms with Gasteiger partial charge in [-0.15, -0.1) is 0 Å². The molecule has 4 nitrogen and oxygen atoms in total. The molecule has 1 aromatic heterocycles. The molecule has 1 aromatic carbocycles. The highest BCUT2D eigenvalue weighted by Gasteiger charge is 2.17. The maximum absolute atomic E-state index is 13.2. The molecule has 0 saturated heterocycles. The van der Waals surface area contributed by atoms with Crippen LogP contribution in [0.3, 0.4) is 0 Å². The minimum absolute atomic E-state index is 0.245. The monoisotopic (exact) mass is 312 g/mol. The van der Waals surface area contributed by atoms with Gasteiger partial charge in [-0.2, -0.15) is 5.10 Å². The van der Waals surface area contributed by atoms with Crippen molar-refractivity contribution in [3.8, 4) is 5.69 Å². The van der Waals surface area contributed by atoms with Crippen LogP contribution in [0.2, 0.25) is 0 Å². The molecule has 0 saturated carbocycles. The van der Waals surface area contributed by atoms with Crippen molar-refractivity contribution < 1.29 is 13.9 Å². The van der Waals surface area contributed by atoms with Crippen molar-refractivity contribution in [2.24, 2.45) is 0 Å². The first-order valence-corrected chi connectivity index (χ1v) is 6.09. The van der Waals surface area contributed by atoms with Gasteiger partial charge in [-0.3, -0.25) is 0 Å². The van der Waals surface area contributed by atoms with Gasteiger partial charge in [0.15, 0.2) is 5.69 Å². The number of benzene rings is 1. The van der Waals surface area contributed by atoms with E-state index in [9.17, 15) is 9.18 Å². The fourth-order valence-corrected chi connectivity index (χ4v) is 1.88. The van der Waals surface area contributed by atoms with Gasteiger partial charge in [0.05, 0.1) is 12.3 Å². The van der Waals surface area contributed by atoms with Crippen LogP contribution in [-0.2, 0) is 4.74 Å². The number of carbonyl (C=O) groups excluding carboxylic acids is 1. The standard InChI is InChI=1S/C12H10BrFN2O2/c1-2-18-12(17)10-7-11(13)15-16(10)9-5-3-4-8(14)6-9/h3-7H,2H2,1H3. The maximum Gasteiger partial charge on any atom is 0.357 e. The molecular formula is C12H10BrFN2O2. The van der Waals surface area contributed by atoms with Crippen molar-refractivity contribution in [1.82, 2.24) is 9.78 Å². The lowest BCUT2D eigenvalue weighted by atomic mass is 10.3. The highest BCUT2D eigenvalue weighted by molar-refractivity contribution is 9.10. The molecule has 0 bridgehead atoms. The Morgan fingerprint density at radius 3 is 2.94 bits per heavy atom. The number of ether oxygens (including phenoxy) is 1. The van der Waals surface area contributed by atoms with E-state index in [-0.39, 0.29) is 12.3 Å². The lowest BCUT2D eigenvalue weighted by Gasteiger charge is -2.06. The summed E-state index contributed by atoms with van der Waals surface area (Å²) in [7, 11) is 0. The van der Waals surface area contributed by atoms with Crippen molar-refractivity contribution in [1.29, 1.82) is 0 Å². The van der Waals surface area contributed by atoms with Crippen molar-refractivity contribution in [3.63, 3.8) is 0 Å². The zero-order valence-electron chi connectivity index (χ0n) is 9.56. The van der Waals surface area contributed by atoms with E-state index in [1.54, 1.807) is 19.1 Å². The zero-order chi connectivity index (χ0) is 13.1. The Morgan fingerprint density at radius 1 is 1.50 bits per heavy atom. The van der Waals surface area contributed by atoms with Gasteiger partial charge in [0.2, 0.25) is 0 Å². The van der Waals surface area contributed by atoms with Gasteiger partial charge in [-0.1, -0.05) is 6.07 Å². The summed E-state index contributed by atoms with van der Waals surface area (Å²) in [6, 6.07) is 7.36. The molecule has 0 unspecified atom stereocenters. The first-order valence-electron chi connectivity index (χ1n) is 5.30. The minimum Gasteiger partial charge on any atom is -0.461 e. The van der Waals surface area contributed by atoms with Crippen molar-refractivity contribution >= 4 is 21.9 Å². The van der Waals surface area contributed by atoms with Crippen LogP contribution >= 0.6 is 15.9 Å². The smallest absolute Gasteiger partial charge is 0.357 e. The van der Waals surface area contributed by atoms with Gasteiger partial charge in [-0.25, -0.2) is 13.9 Å². The molecule has 1 heterocycles. The van der Waals surface area contributed by atoms with Crippen LogP contribution in [0, 0.1) is 5.82 Å². The molecule has 0 aliphatic heterocycles. The number of halogens is 2. The summed E-state index contributed by atoms with van der Waals surface area (Å²) in [5.41, 5.74) is 0.707. The summed E-state index contributed by atoms with van der Waals surface area (Å²) in [5.74, 6) is -0.895. The predicted molar refractivity (Wildman–Crippen MR) is 67.2 cm³/mol. The Balaban J connectivity index is 2.47. The molecule has 0 atom stereocenters. The molecule has 0 radical (unpaired) electrons. The SMILES string of the molecule is CCOC(=O)c1cc(Br)nn1-c1cccc(F)c1. The summed E-state index contributed by atoms with van der Waals surface area (Å²) in [6.45, 7) is 1.99. The van der Waals surface area contributed by atoms with Gasteiger partial charge >= 0.3 is 5.97 Å². The third kappa shape index (κ3) is 2.59. The lowest BCUT2D eigenvalue weighted by Crippen LogP contribution is -2.12. The second-order valence-electron chi connectivity index (χ2n) is 3.46. The van der Waals surface area contributed by atoms with E-state index in [4.69, 9.17) is 4.74 Å². The van der Waals surface area contributed by atoms with Crippen LogP contribution in [0.5, 0.6) is 0 Å². The summed E-state index contributed by atoms with van der Waals surface area (Å²) in [4.78, 5) is 11.7. The fraction of sp³-hybridized carbons (Fsp3) is 0.167. The molecule has 0 N–H and O–H groups in total. The predicted octanol–water partition coefficient (Wildman–Crippen LogP) is 2.95. The molecule has 94 valence electrons. The third-order valence-corrected chi connectivity index (χ3v) is 2.60. The summed E-state index contributed by atoms with van der Waals surface area (Å²) in [6.07, 6.45) is 0. The Morgan fingerprint density at radius 2 is 2.28 bits per heavy atom. The molecule has 0 spiro atoms. The summed E-state index contributed by atoms with van der Waals surface area (Å²) >= 11 is 3.18. The van der Waals surface area contributed by atoms with Crippen LogP contribution in [0.15, 0.2) is 34.9 Å². The van der Waals surface area contributed by atoms with Crippen LogP contribution in [-0.4, -0.2) is 22.4 Å². The molecule has 2 rings (SSSR count). The average Bonchev–Trinajstić information content (AvgIpc) is 2.72. The van der Waals surface area contributed by atoms with Crippen LogP contribution in [0.1, 0.15) is 17.4 Å². The number of hydrogen-bond donors (Lipinski definition) is 0. The van der Waals surface area contributed by atoms with Gasteiger partial charge in [-0.05, 0) is 41.1 Å². The molecule has 0 amide bonds. The van der Waals surface area contributed by atoms with E-state index in [0.29, 0.717) is 10.3 Å². The van der Waals surface area contributed by atoms with E-state index in [0.717, 1.165) is 0 Å². The number of aromatic nitrogens is 2. The molecule has 0 aliphatic carbocycles. The van der Waals surface area contributed by atoms with E-state index in [1.807, 2.05) is 0 Å². The minimum atomic E-state index is -0.500. The van der Waals surface area contributed by atoms with E-state index < -0.39 is 11.8 Å².